The molecule has 0 fully saturated rings. The molecule has 3 heteroatoms. The lowest BCUT2D eigenvalue weighted by Crippen LogP contribution is -2.13. The van der Waals surface area contributed by atoms with Crippen LogP contribution in [0.4, 0.5) is 0 Å². The number of carbonyl (C=O) groups is 1. The third kappa shape index (κ3) is 8.26. The van der Waals surface area contributed by atoms with E-state index in [0.29, 0.717) is 0 Å². The van der Waals surface area contributed by atoms with Crippen LogP contribution < -0.4 is 4.74 Å². The van der Waals surface area contributed by atoms with E-state index in [0.717, 1.165) is 49.8 Å². The summed E-state index contributed by atoms with van der Waals surface area (Å²) in [6.07, 6.45) is 13.5. The summed E-state index contributed by atoms with van der Waals surface area (Å²) < 4.78 is 5.15. The molecule has 0 aliphatic carbocycles. The molecule has 0 saturated carbocycles. The van der Waals surface area contributed by atoms with Crippen molar-refractivity contribution in [2.24, 2.45) is 5.92 Å². The molecule has 0 aliphatic rings. The van der Waals surface area contributed by atoms with E-state index >= 15 is 0 Å². The molecule has 0 saturated heterocycles. The maximum Gasteiger partial charge on any atom is 0.306 e. The molecule has 0 spiro atoms. The molecular weight excluding hydrogens is 348 g/mol. The van der Waals surface area contributed by atoms with Crippen molar-refractivity contribution in [3.8, 4) is 5.75 Å². The normalized spacial score (nSPS) is 12.5. The first-order valence-electron chi connectivity index (χ1n) is 9.94. The number of aliphatic carboxylic acids is 1. The topological polar surface area (TPSA) is 46.5 Å². The van der Waals surface area contributed by atoms with Crippen molar-refractivity contribution in [1.82, 2.24) is 0 Å². The molecule has 1 unspecified atom stereocenters. The molecule has 0 heterocycles. The highest BCUT2D eigenvalue weighted by Gasteiger charge is 2.15. The van der Waals surface area contributed by atoms with Crippen LogP contribution in [0, 0.1) is 5.92 Å². The summed E-state index contributed by atoms with van der Waals surface area (Å²) in [5.74, 6) is -0.0780. The largest absolute Gasteiger partial charge is 0.497 e. The van der Waals surface area contributed by atoms with Crippen molar-refractivity contribution in [3.63, 3.8) is 0 Å². The van der Waals surface area contributed by atoms with Crippen LogP contribution in [-0.2, 0) is 4.79 Å². The summed E-state index contributed by atoms with van der Waals surface area (Å²) in [7, 11) is 1.66. The van der Waals surface area contributed by atoms with Crippen LogP contribution in [0.5, 0.6) is 5.75 Å². The van der Waals surface area contributed by atoms with Crippen LogP contribution in [0.2, 0.25) is 0 Å². The summed E-state index contributed by atoms with van der Waals surface area (Å²) in [4.78, 5) is 11.5. The minimum atomic E-state index is -0.675. The van der Waals surface area contributed by atoms with E-state index < -0.39 is 5.97 Å². The van der Waals surface area contributed by atoms with Gasteiger partial charge in [-0.3, -0.25) is 4.79 Å². The Morgan fingerprint density at radius 2 is 1.43 bits per heavy atom. The molecule has 0 bridgehead atoms. The first-order valence-corrected chi connectivity index (χ1v) is 9.94. The number of carboxylic acids is 1. The molecule has 1 atom stereocenters. The number of hydrogen-bond donors (Lipinski definition) is 1. The van der Waals surface area contributed by atoms with Crippen LogP contribution in [0.3, 0.4) is 0 Å². The van der Waals surface area contributed by atoms with Gasteiger partial charge < -0.3 is 9.84 Å². The average Bonchev–Trinajstić information content (AvgIpc) is 2.72. The van der Waals surface area contributed by atoms with Gasteiger partial charge in [-0.05, 0) is 61.8 Å². The van der Waals surface area contributed by atoms with Gasteiger partial charge in [-0.2, -0.15) is 0 Å². The molecular formula is C25H30O3. The molecule has 2 aromatic rings. The fraction of sp³-hybridized carbons (Fsp3) is 0.320. The second-order valence-corrected chi connectivity index (χ2v) is 6.89. The lowest BCUT2D eigenvalue weighted by atomic mass is 9.95. The third-order valence-corrected chi connectivity index (χ3v) is 4.73. The summed E-state index contributed by atoms with van der Waals surface area (Å²) in [6, 6.07) is 18.1. The van der Waals surface area contributed by atoms with E-state index in [2.05, 4.69) is 36.4 Å². The minimum Gasteiger partial charge on any atom is -0.497 e. The second-order valence-electron chi connectivity index (χ2n) is 6.89. The monoisotopic (exact) mass is 378 g/mol. The van der Waals surface area contributed by atoms with E-state index in [1.807, 2.05) is 42.5 Å². The number of methoxy groups -OCH3 is 1. The molecule has 0 aromatic heterocycles. The van der Waals surface area contributed by atoms with E-state index in [-0.39, 0.29) is 5.92 Å². The number of carboxylic acid groups (broad SMARTS) is 1. The van der Waals surface area contributed by atoms with Gasteiger partial charge in [0, 0.05) is 0 Å². The fourth-order valence-corrected chi connectivity index (χ4v) is 3.07. The maximum absolute atomic E-state index is 11.5. The Hall–Kier alpha value is -2.81. The molecule has 2 rings (SSSR count). The predicted octanol–water partition coefficient (Wildman–Crippen LogP) is 6.46. The van der Waals surface area contributed by atoms with Gasteiger partial charge in [0.15, 0.2) is 0 Å². The molecule has 28 heavy (non-hydrogen) atoms. The number of unbranched alkanes of at least 4 members (excludes halogenated alkanes) is 2. The lowest BCUT2D eigenvalue weighted by molar-refractivity contribution is -0.142. The van der Waals surface area contributed by atoms with Gasteiger partial charge in [0.1, 0.15) is 5.75 Å². The van der Waals surface area contributed by atoms with Crippen molar-refractivity contribution in [3.05, 3.63) is 77.9 Å². The highest BCUT2D eigenvalue weighted by atomic mass is 16.5. The number of benzene rings is 2. The van der Waals surface area contributed by atoms with Gasteiger partial charge in [-0.1, -0.05) is 66.8 Å². The zero-order chi connectivity index (χ0) is 20.0. The van der Waals surface area contributed by atoms with Gasteiger partial charge in [0.2, 0.25) is 0 Å². The van der Waals surface area contributed by atoms with E-state index in [9.17, 15) is 9.90 Å². The van der Waals surface area contributed by atoms with Crippen LogP contribution in [0.25, 0.3) is 12.2 Å². The molecule has 0 amide bonds. The molecule has 0 aliphatic heterocycles. The van der Waals surface area contributed by atoms with Gasteiger partial charge >= 0.3 is 5.97 Å². The summed E-state index contributed by atoms with van der Waals surface area (Å²) in [5.41, 5.74) is 2.31. The smallest absolute Gasteiger partial charge is 0.306 e. The van der Waals surface area contributed by atoms with E-state index in [4.69, 9.17) is 4.74 Å². The first-order chi connectivity index (χ1) is 13.7. The molecule has 1 N–H and O–H groups in total. The molecule has 148 valence electrons. The summed E-state index contributed by atoms with van der Waals surface area (Å²) >= 11 is 0. The van der Waals surface area contributed by atoms with Crippen LogP contribution in [0.15, 0.2) is 66.7 Å². The van der Waals surface area contributed by atoms with Gasteiger partial charge in [-0.25, -0.2) is 0 Å². The predicted molar refractivity (Wildman–Crippen MR) is 116 cm³/mol. The van der Waals surface area contributed by atoms with Crippen LogP contribution >= 0.6 is 0 Å². The van der Waals surface area contributed by atoms with Crippen molar-refractivity contribution in [2.75, 3.05) is 7.11 Å². The van der Waals surface area contributed by atoms with Crippen molar-refractivity contribution in [1.29, 1.82) is 0 Å². The summed E-state index contributed by atoms with van der Waals surface area (Å²) in [5, 5.41) is 9.44. The van der Waals surface area contributed by atoms with Gasteiger partial charge in [-0.15, -0.1) is 0 Å². The number of ether oxygens (including phenoxy) is 1. The number of allylic oxidation sites excluding steroid dienone is 2. The Labute approximate surface area is 168 Å². The highest BCUT2D eigenvalue weighted by molar-refractivity contribution is 5.69. The SMILES string of the molecule is COc1ccc(/C=C/CCCC(CCC/C=C/c2ccccc2)C(=O)O)cc1. The average molecular weight is 379 g/mol. The van der Waals surface area contributed by atoms with Gasteiger partial charge in [0.25, 0.3) is 0 Å². The lowest BCUT2D eigenvalue weighted by Gasteiger charge is -2.10. The number of rotatable bonds is 12. The Bertz CT molecular complexity index is 745. The zero-order valence-corrected chi connectivity index (χ0v) is 16.6. The van der Waals surface area contributed by atoms with Gasteiger partial charge in [0.05, 0.1) is 13.0 Å². The Morgan fingerprint density at radius 1 is 0.893 bits per heavy atom. The molecule has 2 aromatic carbocycles. The Kier molecular flexibility index (Phi) is 9.64. The molecule has 0 radical (unpaired) electrons. The quantitative estimate of drug-likeness (QED) is 0.431. The van der Waals surface area contributed by atoms with Crippen molar-refractivity contribution in [2.45, 2.75) is 38.5 Å². The highest BCUT2D eigenvalue weighted by Crippen LogP contribution is 2.18. The van der Waals surface area contributed by atoms with Crippen LogP contribution in [-0.4, -0.2) is 18.2 Å². The van der Waals surface area contributed by atoms with Crippen molar-refractivity contribution >= 4 is 18.1 Å². The van der Waals surface area contributed by atoms with E-state index in [1.165, 1.54) is 5.56 Å². The standard InChI is InChI=1S/C25H30O3/c1-28-24-19-17-22(18-20-24)14-8-4-10-16-23(25(26)27)15-9-3-7-13-21-11-5-2-6-12-21/h2,5-8,11-14,17-20,23H,3-4,9-10,15-16H2,1H3,(H,26,27)/b13-7+,14-8+. The Morgan fingerprint density at radius 3 is 1.93 bits per heavy atom. The second kappa shape index (κ2) is 12.6. The molecule has 3 nitrogen and oxygen atoms in total. The van der Waals surface area contributed by atoms with Crippen molar-refractivity contribution < 1.29 is 14.6 Å². The Balaban J connectivity index is 1.65. The summed E-state index contributed by atoms with van der Waals surface area (Å²) in [6.45, 7) is 0. The maximum atomic E-state index is 11.5. The fourth-order valence-electron chi connectivity index (χ4n) is 3.07. The number of hydrogen-bond acceptors (Lipinski definition) is 2. The third-order valence-electron chi connectivity index (χ3n) is 4.73. The van der Waals surface area contributed by atoms with E-state index in [1.54, 1.807) is 7.11 Å². The first kappa shape index (κ1) is 21.5. The zero-order valence-electron chi connectivity index (χ0n) is 16.6. The minimum absolute atomic E-state index is 0.250. The van der Waals surface area contributed by atoms with Crippen LogP contribution in [0.1, 0.15) is 49.7 Å².